The molecule has 1 aliphatic carbocycles. The molecule has 4 rings (SSSR count). The highest BCUT2D eigenvalue weighted by molar-refractivity contribution is 5.71. The molecule has 1 saturated carbocycles. The normalized spacial score (nSPS) is 17.4. The first-order valence-electron chi connectivity index (χ1n) is 14.1. The Kier molecular flexibility index (Phi) is 10.1. The Bertz CT molecular complexity index is 1190. The second-order valence-corrected chi connectivity index (χ2v) is 10.5. The van der Waals surface area contributed by atoms with E-state index in [0.717, 1.165) is 30.7 Å². The van der Waals surface area contributed by atoms with Crippen LogP contribution < -0.4 is 4.74 Å². The van der Waals surface area contributed by atoms with Crippen LogP contribution in [0, 0.1) is 23.4 Å². The van der Waals surface area contributed by atoms with Gasteiger partial charge in [0, 0.05) is 11.1 Å². The van der Waals surface area contributed by atoms with Crippen LogP contribution in [0.4, 0.5) is 13.2 Å². The molecule has 3 aromatic rings. The predicted octanol–water partition coefficient (Wildman–Crippen LogP) is 10.6. The first-order chi connectivity index (χ1) is 18.5. The van der Waals surface area contributed by atoms with Crippen molar-refractivity contribution in [3.05, 3.63) is 90.3 Å². The standard InChI is InChI=1S/C34H39F3O/c1-3-5-7-9-24-10-12-25(13-11-24)28-18-19-29(31(35)23-28)26-14-16-27(17-15-26)30-20-21-32(34(37)33(30)36)38-22-8-6-4-2/h4,14-21,23-25H,2-3,5-13,22H2,1H3. The number of hydrogen-bond acceptors (Lipinski definition) is 1. The fourth-order valence-electron chi connectivity index (χ4n) is 5.59. The van der Waals surface area contributed by atoms with Gasteiger partial charge >= 0.3 is 0 Å². The molecular weight excluding hydrogens is 481 g/mol. The van der Waals surface area contributed by atoms with Crippen LogP contribution in [-0.4, -0.2) is 6.61 Å². The zero-order valence-corrected chi connectivity index (χ0v) is 22.5. The highest BCUT2D eigenvalue weighted by Crippen LogP contribution is 2.39. The van der Waals surface area contributed by atoms with Crippen LogP contribution in [0.3, 0.4) is 0 Å². The fraction of sp³-hybridized carbons (Fsp3) is 0.412. The molecule has 0 N–H and O–H groups in total. The molecule has 3 aromatic carbocycles. The minimum absolute atomic E-state index is 0.0981. The average Bonchev–Trinajstić information content (AvgIpc) is 2.94. The Labute approximate surface area is 225 Å². The van der Waals surface area contributed by atoms with Crippen LogP contribution in [0.15, 0.2) is 67.3 Å². The second-order valence-electron chi connectivity index (χ2n) is 10.5. The summed E-state index contributed by atoms with van der Waals surface area (Å²) in [5.74, 6) is -1.04. The van der Waals surface area contributed by atoms with Crippen LogP contribution >= 0.6 is 0 Å². The van der Waals surface area contributed by atoms with Crippen molar-refractivity contribution in [1.82, 2.24) is 0 Å². The maximum atomic E-state index is 15.2. The highest BCUT2D eigenvalue weighted by atomic mass is 19.2. The molecule has 1 nitrogen and oxygen atoms in total. The molecular formula is C34H39F3O. The molecule has 0 aliphatic heterocycles. The zero-order chi connectivity index (χ0) is 26.9. The van der Waals surface area contributed by atoms with Crippen LogP contribution in [0.1, 0.15) is 82.6 Å². The Morgan fingerprint density at radius 3 is 2.16 bits per heavy atom. The van der Waals surface area contributed by atoms with E-state index in [9.17, 15) is 8.78 Å². The van der Waals surface area contributed by atoms with E-state index in [2.05, 4.69) is 19.6 Å². The molecule has 1 fully saturated rings. The molecule has 202 valence electrons. The largest absolute Gasteiger partial charge is 0.490 e. The van der Waals surface area contributed by atoms with E-state index in [1.54, 1.807) is 36.4 Å². The molecule has 0 saturated heterocycles. The summed E-state index contributed by atoms with van der Waals surface area (Å²) >= 11 is 0. The third-order valence-corrected chi connectivity index (χ3v) is 7.89. The van der Waals surface area contributed by atoms with Gasteiger partial charge in [0.05, 0.1) is 6.61 Å². The molecule has 4 heteroatoms. The van der Waals surface area contributed by atoms with Gasteiger partial charge in [-0.2, -0.15) is 4.39 Å². The third-order valence-electron chi connectivity index (χ3n) is 7.89. The van der Waals surface area contributed by atoms with Crippen molar-refractivity contribution in [2.45, 2.75) is 77.0 Å². The lowest BCUT2D eigenvalue weighted by atomic mass is 9.77. The molecule has 0 bridgehead atoms. The van der Waals surface area contributed by atoms with Gasteiger partial charge in [-0.05, 0) is 85.3 Å². The van der Waals surface area contributed by atoms with Crippen molar-refractivity contribution >= 4 is 0 Å². The number of allylic oxidation sites excluding steroid dienone is 1. The first-order valence-corrected chi connectivity index (χ1v) is 14.1. The summed E-state index contributed by atoms with van der Waals surface area (Å²) < 4.78 is 49.9. The van der Waals surface area contributed by atoms with E-state index in [0.29, 0.717) is 35.6 Å². The molecule has 0 unspecified atom stereocenters. The van der Waals surface area contributed by atoms with Crippen molar-refractivity contribution in [1.29, 1.82) is 0 Å². The van der Waals surface area contributed by atoms with Gasteiger partial charge in [-0.15, -0.1) is 6.58 Å². The molecule has 0 aromatic heterocycles. The predicted molar refractivity (Wildman–Crippen MR) is 151 cm³/mol. The third kappa shape index (κ3) is 6.89. The fourth-order valence-corrected chi connectivity index (χ4v) is 5.59. The maximum Gasteiger partial charge on any atom is 0.201 e. The zero-order valence-electron chi connectivity index (χ0n) is 22.5. The Hall–Kier alpha value is -3.01. The van der Waals surface area contributed by atoms with Crippen molar-refractivity contribution in [3.8, 4) is 28.0 Å². The smallest absolute Gasteiger partial charge is 0.201 e. The van der Waals surface area contributed by atoms with Gasteiger partial charge in [0.15, 0.2) is 11.6 Å². The van der Waals surface area contributed by atoms with Gasteiger partial charge in [0.2, 0.25) is 5.82 Å². The summed E-state index contributed by atoms with van der Waals surface area (Å²) in [5.41, 5.74) is 2.98. The summed E-state index contributed by atoms with van der Waals surface area (Å²) in [6, 6.07) is 15.5. The number of ether oxygens (including phenoxy) is 1. The summed E-state index contributed by atoms with van der Waals surface area (Å²) in [5, 5.41) is 0. The van der Waals surface area contributed by atoms with Crippen molar-refractivity contribution in [3.63, 3.8) is 0 Å². The summed E-state index contributed by atoms with van der Waals surface area (Å²) in [6.07, 6.45) is 13.2. The average molecular weight is 521 g/mol. The van der Waals surface area contributed by atoms with Gasteiger partial charge in [-0.1, -0.05) is 75.1 Å². The Balaban J connectivity index is 1.41. The maximum absolute atomic E-state index is 15.2. The Morgan fingerprint density at radius 2 is 1.50 bits per heavy atom. The number of halogens is 3. The van der Waals surface area contributed by atoms with E-state index in [-0.39, 0.29) is 17.1 Å². The van der Waals surface area contributed by atoms with E-state index < -0.39 is 11.6 Å². The topological polar surface area (TPSA) is 9.23 Å². The van der Waals surface area contributed by atoms with Gasteiger partial charge < -0.3 is 4.74 Å². The van der Waals surface area contributed by atoms with Crippen molar-refractivity contribution < 1.29 is 17.9 Å². The summed E-state index contributed by atoms with van der Waals surface area (Å²) in [7, 11) is 0. The van der Waals surface area contributed by atoms with Crippen LogP contribution in [0.25, 0.3) is 22.3 Å². The minimum Gasteiger partial charge on any atom is -0.490 e. The monoisotopic (exact) mass is 520 g/mol. The molecule has 1 aliphatic rings. The molecule has 0 atom stereocenters. The molecule has 0 radical (unpaired) electrons. The SMILES string of the molecule is C=CCCCOc1ccc(-c2ccc(-c3ccc(C4CCC(CCCCC)CC4)cc3F)cc2)c(F)c1F. The van der Waals surface area contributed by atoms with Gasteiger partial charge in [-0.25, -0.2) is 8.78 Å². The lowest BCUT2D eigenvalue weighted by Gasteiger charge is -2.29. The lowest BCUT2D eigenvalue weighted by Crippen LogP contribution is -2.13. The number of rotatable bonds is 12. The second kappa shape index (κ2) is 13.7. The molecule has 0 spiro atoms. The molecule has 0 amide bonds. The summed E-state index contributed by atoms with van der Waals surface area (Å²) in [6.45, 7) is 6.17. The van der Waals surface area contributed by atoms with Crippen LogP contribution in [-0.2, 0) is 0 Å². The van der Waals surface area contributed by atoms with E-state index in [1.807, 2.05) is 6.07 Å². The minimum atomic E-state index is -0.998. The van der Waals surface area contributed by atoms with E-state index in [1.165, 1.54) is 50.7 Å². The number of benzene rings is 3. The Morgan fingerprint density at radius 1 is 0.816 bits per heavy atom. The first kappa shape index (κ1) is 28.0. The summed E-state index contributed by atoms with van der Waals surface area (Å²) in [4.78, 5) is 0. The lowest BCUT2D eigenvalue weighted by molar-refractivity contribution is 0.291. The highest BCUT2D eigenvalue weighted by Gasteiger charge is 2.23. The van der Waals surface area contributed by atoms with Gasteiger partial charge in [0.1, 0.15) is 5.82 Å². The van der Waals surface area contributed by atoms with Crippen LogP contribution in [0.5, 0.6) is 5.75 Å². The molecule has 0 heterocycles. The van der Waals surface area contributed by atoms with Crippen molar-refractivity contribution in [2.75, 3.05) is 6.61 Å². The van der Waals surface area contributed by atoms with Gasteiger partial charge in [0.25, 0.3) is 0 Å². The quantitative estimate of drug-likeness (QED) is 0.170. The molecule has 38 heavy (non-hydrogen) atoms. The number of hydrogen-bond donors (Lipinski definition) is 0. The number of unbranched alkanes of at least 4 members (excludes halogenated alkanes) is 3. The van der Waals surface area contributed by atoms with E-state index >= 15 is 4.39 Å². The van der Waals surface area contributed by atoms with E-state index in [4.69, 9.17) is 4.74 Å². The van der Waals surface area contributed by atoms with Crippen molar-refractivity contribution in [2.24, 2.45) is 5.92 Å². The van der Waals surface area contributed by atoms with Gasteiger partial charge in [-0.3, -0.25) is 0 Å². The van der Waals surface area contributed by atoms with Crippen LogP contribution in [0.2, 0.25) is 0 Å².